The third-order valence-corrected chi connectivity index (χ3v) is 4.15. The summed E-state index contributed by atoms with van der Waals surface area (Å²) >= 11 is 6.21. The van der Waals surface area contributed by atoms with Gasteiger partial charge in [-0.1, -0.05) is 11.6 Å². The Kier molecular flexibility index (Phi) is 4.24. The van der Waals surface area contributed by atoms with Crippen molar-refractivity contribution in [1.82, 2.24) is 19.7 Å². The van der Waals surface area contributed by atoms with Gasteiger partial charge in [-0.15, -0.1) is 0 Å². The first-order valence-corrected chi connectivity index (χ1v) is 7.56. The normalized spacial score (nSPS) is 17.3. The van der Waals surface area contributed by atoms with E-state index in [1.807, 2.05) is 23.0 Å². The van der Waals surface area contributed by atoms with E-state index in [0.29, 0.717) is 0 Å². The van der Waals surface area contributed by atoms with Gasteiger partial charge in [0.25, 0.3) is 0 Å². The molecule has 0 aromatic carbocycles. The van der Waals surface area contributed by atoms with Crippen LogP contribution in [0.3, 0.4) is 0 Å². The molecule has 1 aliphatic heterocycles. The maximum atomic E-state index is 9.67. The summed E-state index contributed by atoms with van der Waals surface area (Å²) < 4.78 is 2.01. The molecule has 0 saturated carbocycles. The van der Waals surface area contributed by atoms with Gasteiger partial charge in [0.2, 0.25) is 0 Å². The zero-order valence-corrected chi connectivity index (χ0v) is 12.8. The van der Waals surface area contributed by atoms with Gasteiger partial charge in [-0.3, -0.25) is 14.6 Å². The van der Waals surface area contributed by atoms with Crippen molar-refractivity contribution in [1.29, 1.82) is 0 Å². The average molecular weight is 307 g/mol. The number of aryl methyl sites for hydroxylation is 1. The van der Waals surface area contributed by atoms with Gasteiger partial charge >= 0.3 is 0 Å². The molecule has 3 heterocycles. The monoisotopic (exact) mass is 306 g/mol. The molecule has 2 aromatic rings. The smallest absolute Gasteiger partial charge is 0.0950 e. The van der Waals surface area contributed by atoms with E-state index in [2.05, 4.69) is 15.0 Å². The summed E-state index contributed by atoms with van der Waals surface area (Å²) in [5.41, 5.74) is 2.93. The van der Waals surface area contributed by atoms with Crippen molar-refractivity contribution in [2.75, 3.05) is 6.54 Å². The zero-order valence-electron chi connectivity index (χ0n) is 12.0. The molecular weight excluding hydrogens is 288 g/mol. The van der Waals surface area contributed by atoms with Crippen molar-refractivity contribution in [3.63, 3.8) is 0 Å². The van der Waals surface area contributed by atoms with Crippen LogP contribution in [0.2, 0.25) is 5.02 Å². The fraction of sp³-hybridized carbons (Fsp3) is 0.467. The Hall–Kier alpha value is -1.43. The van der Waals surface area contributed by atoms with Crippen LogP contribution >= 0.6 is 11.6 Å². The number of hydrogen-bond donors (Lipinski definition) is 1. The quantitative estimate of drug-likeness (QED) is 0.946. The van der Waals surface area contributed by atoms with Crippen molar-refractivity contribution in [3.8, 4) is 0 Å². The van der Waals surface area contributed by atoms with Crippen LogP contribution in [0.15, 0.2) is 24.5 Å². The van der Waals surface area contributed by atoms with Crippen molar-refractivity contribution in [2.45, 2.75) is 39.1 Å². The lowest BCUT2D eigenvalue weighted by Gasteiger charge is -2.19. The molecule has 0 saturated heterocycles. The maximum absolute atomic E-state index is 9.67. The standard InChI is InChI=1S/C15H19ClN4O/c1-11(21)15-7-13-10-19(5-2-6-20(13)18-15)9-12-8-17-4-3-14(12)16/h3-4,7-8,11,21H,2,5-6,9-10H2,1H3/t11-/m1/s1. The second-order valence-corrected chi connectivity index (χ2v) is 5.90. The van der Waals surface area contributed by atoms with Crippen LogP contribution in [0.25, 0.3) is 0 Å². The number of rotatable bonds is 3. The predicted molar refractivity (Wildman–Crippen MR) is 80.8 cm³/mol. The Morgan fingerprint density at radius 2 is 2.29 bits per heavy atom. The molecular formula is C15H19ClN4O. The second kappa shape index (κ2) is 6.13. The first-order valence-electron chi connectivity index (χ1n) is 7.19. The fourth-order valence-electron chi connectivity index (χ4n) is 2.66. The third-order valence-electron chi connectivity index (χ3n) is 3.78. The van der Waals surface area contributed by atoms with Gasteiger partial charge in [0.05, 0.1) is 17.5 Å². The lowest BCUT2D eigenvalue weighted by molar-refractivity contribution is 0.193. The molecule has 0 unspecified atom stereocenters. The molecule has 1 atom stereocenters. The van der Waals surface area contributed by atoms with Gasteiger partial charge in [-0.25, -0.2) is 0 Å². The van der Waals surface area contributed by atoms with Crippen LogP contribution in [-0.4, -0.2) is 31.3 Å². The van der Waals surface area contributed by atoms with Crippen LogP contribution in [0.4, 0.5) is 0 Å². The SMILES string of the molecule is C[C@@H](O)c1cc2n(n1)CCCN(Cc1cnccc1Cl)C2. The van der Waals surface area contributed by atoms with E-state index in [1.54, 1.807) is 13.1 Å². The molecule has 112 valence electrons. The zero-order chi connectivity index (χ0) is 14.8. The van der Waals surface area contributed by atoms with Gasteiger partial charge in [-0.2, -0.15) is 5.10 Å². The van der Waals surface area contributed by atoms with Gasteiger partial charge in [0, 0.05) is 49.2 Å². The molecule has 0 radical (unpaired) electrons. The Labute approximate surface area is 129 Å². The van der Waals surface area contributed by atoms with Crippen LogP contribution < -0.4 is 0 Å². The Bertz CT molecular complexity index is 626. The molecule has 6 heteroatoms. The Balaban J connectivity index is 1.77. The van der Waals surface area contributed by atoms with Crippen molar-refractivity contribution in [2.24, 2.45) is 0 Å². The minimum Gasteiger partial charge on any atom is -0.387 e. The average Bonchev–Trinajstić information content (AvgIpc) is 2.76. The summed E-state index contributed by atoms with van der Waals surface area (Å²) in [4.78, 5) is 6.49. The highest BCUT2D eigenvalue weighted by atomic mass is 35.5. The molecule has 1 aliphatic rings. The van der Waals surface area contributed by atoms with Crippen molar-refractivity contribution in [3.05, 3.63) is 46.5 Å². The Morgan fingerprint density at radius 1 is 1.43 bits per heavy atom. The van der Waals surface area contributed by atoms with E-state index in [4.69, 9.17) is 11.6 Å². The predicted octanol–water partition coefficient (Wildman–Crippen LogP) is 2.39. The number of aliphatic hydroxyl groups excluding tert-OH is 1. The van der Waals surface area contributed by atoms with E-state index in [-0.39, 0.29) is 0 Å². The summed E-state index contributed by atoms with van der Waals surface area (Å²) in [5.74, 6) is 0. The topological polar surface area (TPSA) is 54.2 Å². The van der Waals surface area contributed by atoms with Crippen molar-refractivity contribution < 1.29 is 5.11 Å². The number of pyridine rings is 1. The van der Waals surface area contributed by atoms with Gasteiger partial charge in [0.1, 0.15) is 0 Å². The minimum atomic E-state index is -0.523. The number of fused-ring (bicyclic) bond motifs is 1. The summed E-state index contributed by atoms with van der Waals surface area (Å²) in [5, 5.41) is 14.9. The molecule has 0 aliphatic carbocycles. The van der Waals surface area contributed by atoms with Crippen molar-refractivity contribution >= 4 is 11.6 Å². The van der Waals surface area contributed by atoms with Gasteiger partial charge in [-0.05, 0) is 25.5 Å². The summed E-state index contributed by atoms with van der Waals surface area (Å²) in [6.07, 6.45) is 4.04. The number of nitrogens with zero attached hydrogens (tertiary/aromatic N) is 4. The van der Waals surface area contributed by atoms with Crippen LogP contribution in [-0.2, 0) is 19.6 Å². The maximum Gasteiger partial charge on any atom is 0.0950 e. The highest BCUT2D eigenvalue weighted by Gasteiger charge is 2.18. The molecule has 1 N–H and O–H groups in total. The summed E-state index contributed by atoms with van der Waals surface area (Å²) in [6.45, 7) is 5.22. The number of hydrogen-bond acceptors (Lipinski definition) is 4. The number of aliphatic hydroxyl groups is 1. The molecule has 0 bridgehead atoms. The fourth-order valence-corrected chi connectivity index (χ4v) is 2.82. The molecule has 2 aromatic heterocycles. The Morgan fingerprint density at radius 3 is 3.05 bits per heavy atom. The molecule has 0 spiro atoms. The molecule has 0 amide bonds. The third kappa shape index (κ3) is 3.26. The summed E-state index contributed by atoms with van der Waals surface area (Å²) in [6, 6.07) is 3.82. The van der Waals surface area contributed by atoms with Crippen LogP contribution in [0.1, 0.15) is 36.4 Å². The van der Waals surface area contributed by atoms with Crippen LogP contribution in [0.5, 0.6) is 0 Å². The molecule has 5 nitrogen and oxygen atoms in total. The van der Waals surface area contributed by atoms with E-state index in [1.165, 1.54) is 0 Å². The van der Waals surface area contributed by atoms with E-state index in [9.17, 15) is 5.11 Å². The first-order chi connectivity index (χ1) is 10.1. The van der Waals surface area contributed by atoms with E-state index in [0.717, 1.165) is 54.6 Å². The molecule has 3 rings (SSSR count). The molecule has 21 heavy (non-hydrogen) atoms. The first kappa shape index (κ1) is 14.5. The lowest BCUT2D eigenvalue weighted by Crippen LogP contribution is -2.23. The second-order valence-electron chi connectivity index (χ2n) is 5.49. The van der Waals surface area contributed by atoms with Crippen LogP contribution in [0, 0.1) is 0 Å². The highest BCUT2D eigenvalue weighted by molar-refractivity contribution is 6.31. The number of halogens is 1. The van der Waals surface area contributed by atoms with E-state index >= 15 is 0 Å². The largest absolute Gasteiger partial charge is 0.387 e. The number of aromatic nitrogens is 3. The summed E-state index contributed by atoms with van der Waals surface area (Å²) in [7, 11) is 0. The van der Waals surface area contributed by atoms with Gasteiger partial charge < -0.3 is 5.11 Å². The lowest BCUT2D eigenvalue weighted by atomic mass is 10.2. The minimum absolute atomic E-state index is 0.523. The highest BCUT2D eigenvalue weighted by Crippen LogP contribution is 2.21. The van der Waals surface area contributed by atoms with E-state index < -0.39 is 6.10 Å². The molecule has 0 fully saturated rings. The van der Waals surface area contributed by atoms with Gasteiger partial charge in [0.15, 0.2) is 0 Å².